The van der Waals surface area contributed by atoms with Crippen LogP contribution in [0, 0.1) is 11.7 Å². The van der Waals surface area contributed by atoms with Crippen molar-refractivity contribution in [2.45, 2.75) is 38.0 Å². The summed E-state index contributed by atoms with van der Waals surface area (Å²) in [7, 11) is 0. The molecule has 2 aromatic carbocycles. The third-order valence-electron chi connectivity index (χ3n) is 5.86. The second-order valence-corrected chi connectivity index (χ2v) is 7.91. The number of nitrogens with zero attached hydrogens (tertiary/aromatic N) is 1. The summed E-state index contributed by atoms with van der Waals surface area (Å²) in [6.45, 7) is 0.421. The van der Waals surface area contributed by atoms with Crippen LogP contribution in [0.4, 0.5) is 10.1 Å². The summed E-state index contributed by atoms with van der Waals surface area (Å²) >= 11 is 0. The molecule has 2 amide bonds. The Labute approximate surface area is 174 Å². The first-order valence-corrected chi connectivity index (χ1v) is 10.2. The van der Waals surface area contributed by atoms with Gasteiger partial charge in [0, 0.05) is 18.2 Å². The number of benzene rings is 2. The SMILES string of the molecule is O=C(Nc1ccc(C(O)C2COCC(=O)N2Cc2ccc(F)cc2)cc1)C1CCC1. The van der Waals surface area contributed by atoms with E-state index < -0.39 is 12.1 Å². The molecule has 2 fully saturated rings. The second-order valence-electron chi connectivity index (χ2n) is 7.91. The Balaban J connectivity index is 1.45. The Kier molecular flexibility index (Phi) is 6.11. The Morgan fingerprint density at radius 3 is 2.50 bits per heavy atom. The van der Waals surface area contributed by atoms with Crippen LogP contribution in [0.2, 0.25) is 0 Å². The second kappa shape index (κ2) is 8.93. The van der Waals surface area contributed by atoms with E-state index in [-0.39, 0.29) is 43.3 Å². The summed E-state index contributed by atoms with van der Waals surface area (Å²) in [5.41, 5.74) is 2.09. The van der Waals surface area contributed by atoms with E-state index in [0.717, 1.165) is 24.8 Å². The number of nitrogens with one attached hydrogen (secondary N) is 1. The van der Waals surface area contributed by atoms with Crippen LogP contribution in [0.3, 0.4) is 0 Å². The van der Waals surface area contributed by atoms with Gasteiger partial charge in [0.05, 0.1) is 12.6 Å². The van der Waals surface area contributed by atoms with Crippen molar-refractivity contribution in [3.63, 3.8) is 0 Å². The molecule has 0 bridgehead atoms. The molecule has 7 heteroatoms. The Hall–Kier alpha value is -2.77. The summed E-state index contributed by atoms with van der Waals surface area (Å²) in [6, 6.07) is 12.4. The molecule has 1 saturated carbocycles. The van der Waals surface area contributed by atoms with E-state index in [4.69, 9.17) is 4.74 Å². The minimum absolute atomic E-state index is 0.0336. The molecule has 158 valence electrons. The first kappa shape index (κ1) is 20.5. The molecule has 2 unspecified atom stereocenters. The fourth-order valence-electron chi connectivity index (χ4n) is 3.78. The summed E-state index contributed by atoms with van der Waals surface area (Å²) in [6.07, 6.45) is 2.01. The largest absolute Gasteiger partial charge is 0.386 e. The van der Waals surface area contributed by atoms with Crippen molar-refractivity contribution in [1.82, 2.24) is 4.90 Å². The minimum Gasteiger partial charge on any atom is -0.386 e. The van der Waals surface area contributed by atoms with Gasteiger partial charge in [-0.1, -0.05) is 30.7 Å². The molecule has 1 aliphatic heterocycles. The van der Waals surface area contributed by atoms with E-state index in [1.165, 1.54) is 12.1 Å². The highest BCUT2D eigenvalue weighted by Crippen LogP contribution is 2.29. The molecule has 1 saturated heterocycles. The molecule has 0 spiro atoms. The zero-order valence-electron chi connectivity index (χ0n) is 16.6. The van der Waals surface area contributed by atoms with Gasteiger partial charge in [-0.25, -0.2) is 4.39 Å². The number of ether oxygens (including phenoxy) is 1. The number of carbonyl (C=O) groups is 2. The molecule has 0 radical (unpaired) electrons. The van der Waals surface area contributed by atoms with Gasteiger partial charge in [0.1, 0.15) is 18.5 Å². The fraction of sp³-hybridized carbons (Fsp3) is 0.391. The number of rotatable bonds is 6. The van der Waals surface area contributed by atoms with Crippen LogP contribution in [0.15, 0.2) is 48.5 Å². The number of carbonyl (C=O) groups excluding carboxylic acids is 2. The zero-order valence-corrected chi connectivity index (χ0v) is 16.6. The predicted molar refractivity (Wildman–Crippen MR) is 109 cm³/mol. The van der Waals surface area contributed by atoms with Gasteiger partial charge in [-0.2, -0.15) is 0 Å². The van der Waals surface area contributed by atoms with Crippen LogP contribution in [0.25, 0.3) is 0 Å². The normalized spacial score (nSPS) is 20.5. The molecule has 4 rings (SSSR count). The van der Waals surface area contributed by atoms with Gasteiger partial charge < -0.3 is 20.1 Å². The fourth-order valence-corrected chi connectivity index (χ4v) is 3.78. The molecule has 6 nitrogen and oxygen atoms in total. The van der Waals surface area contributed by atoms with Crippen molar-refractivity contribution >= 4 is 17.5 Å². The van der Waals surface area contributed by atoms with Gasteiger partial charge in [0.15, 0.2) is 0 Å². The maximum absolute atomic E-state index is 13.2. The van der Waals surface area contributed by atoms with Gasteiger partial charge in [-0.05, 0) is 48.2 Å². The van der Waals surface area contributed by atoms with Crippen molar-refractivity contribution in [2.24, 2.45) is 5.92 Å². The van der Waals surface area contributed by atoms with Crippen molar-refractivity contribution < 1.29 is 23.8 Å². The molecule has 1 aliphatic carbocycles. The first-order chi connectivity index (χ1) is 14.5. The molecule has 30 heavy (non-hydrogen) atoms. The van der Waals surface area contributed by atoms with E-state index in [1.54, 1.807) is 41.3 Å². The number of hydrogen-bond acceptors (Lipinski definition) is 4. The van der Waals surface area contributed by atoms with E-state index in [2.05, 4.69) is 5.32 Å². The lowest BCUT2D eigenvalue weighted by atomic mass is 9.85. The number of anilines is 1. The predicted octanol–water partition coefficient (Wildman–Crippen LogP) is 3.03. The molecule has 0 aromatic heterocycles. The quantitative estimate of drug-likeness (QED) is 0.765. The molecule has 2 atom stereocenters. The number of aliphatic hydroxyl groups excluding tert-OH is 1. The molecule has 2 aromatic rings. The van der Waals surface area contributed by atoms with Crippen LogP contribution in [0.5, 0.6) is 0 Å². The third-order valence-corrected chi connectivity index (χ3v) is 5.86. The van der Waals surface area contributed by atoms with Crippen LogP contribution in [0.1, 0.15) is 36.5 Å². The summed E-state index contributed by atoms with van der Waals surface area (Å²) < 4.78 is 18.6. The first-order valence-electron chi connectivity index (χ1n) is 10.2. The number of amides is 2. The van der Waals surface area contributed by atoms with Crippen LogP contribution in [-0.2, 0) is 20.9 Å². The van der Waals surface area contributed by atoms with Crippen molar-refractivity contribution in [3.05, 3.63) is 65.5 Å². The van der Waals surface area contributed by atoms with E-state index in [9.17, 15) is 19.1 Å². The zero-order chi connectivity index (χ0) is 21.1. The lowest BCUT2D eigenvalue weighted by Gasteiger charge is -2.38. The monoisotopic (exact) mass is 412 g/mol. The summed E-state index contributed by atoms with van der Waals surface area (Å²) in [5, 5.41) is 13.8. The van der Waals surface area contributed by atoms with Crippen LogP contribution in [-0.4, -0.2) is 41.1 Å². The third kappa shape index (κ3) is 4.52. The Morgan fingerprint density at radius 2 is 1.87 bits per heavy atom. The van der Waals surface area contributed by atoms with Crippen molar-refractivity contribution in [1.29, 1.82) is 0 Å². The number of morpholine rings is 1. The van der Waals surface area contributed by atoms with Crippen molar-refractivity contribution in [2.75, 3.05) is 18.5 Å². The molecule has 2 N–H and O–H groups in total. The van der Waals surface area contributed by atoms with Crippen molar-refractivity contribution in [3.8, 4) is 0 Å². The van der Waals surface area contributed by atoms with Crippen LogP contribution >= 0.6 is 0 Å². The lowest BCUT2D eigenvalue weighted by Crippen LogP contribution is -2.51. The smallest absolute Gasteiger partial charge is 0.249 e. The van der Waals surface area contributed by atoms with Crippen LogP contribution < -0.4 is 5.32 Å². The standard InChI is InChI=1S/C23H25FN2O4/c24-18-8-4-15(5-9-18)12-26-20(13-30-14-21(26)27)22(28)16-6-10-19(11-7-16)25-23(29)17-2-1-3-17/h4-11,17,20,22,28H,1-3,12-14H2,(H,25,29). The number of halogens is 1. The minimum atomic E-state index is -0.953. The summed E-state index contributed by atoms with van der Waals surface area (Å²) in [4.78, 5) is 26.1. The van der Waals surface area contributed by atoms with E-state index in [0.29, 0.717) is 11.3 Å². The maximum atomic E-state index is 13.2. The average molecular weight is 412 g/mol. The highest BCUT2D eigenvalue weighted by atomic mass is 19.1. The van der Waals surface area contributed by atoms with E-state index in [1.807, 2.05) is 0 Å². The molecular formula is C23H25FN2O4. The average Bonchev–Trinajstić information content (AvgIpc) is 2.70. The number of hydrogen-bond donors (Lipinski definition) is 2. The highest BCUT2D eigenvalue weighted by molar-refractivity contribution is 5.93. The van der Waals surface area contributed by atoms with Gasteiger partial charge in [0.2, 0.25) is 11.8 Å². The lowest BCUT2D eigenvalue weighted by molar-refractivity contribution is -0.155. The molecule has 1 heterocycles. The summed E-state index contributed by atoms with van der Waals surface area (Å²) in [5.74, 6) is -0.431. The van der Waals surface area contributed by atoms with E-state index >= 15 is 0 Å². The maximum Gasteiger partial charge on any atom is 0.249 e. The topological polar surface area (TPSA) is 78.9 Å². The highest BCUT2D eigenvalue weighted by Gasteiger charge is 2.34. The molecular weight excluding hydrogens is 387 g/mol. The van der Waals surface area contributed by atoms with Gasteiger partial charge in [-0.3, -0.25) is 9.59 Å². The molecule has 2 aliphatic rings. The number of aliphatic hydroxyl groups is 1. The Bertz CT molecular complexity index is 896. The van der Waals surface area contributed by atoms with Gasteiger partial charge in [-0.15, -0.1) is 0 Å². The Morgan fingerprint density at radius 1 is 1.17 bits per heavy atom. The van der Waals surface area contributed by atoms with Gasteiger partial charge in [0.25, 0.3) is 0 Å². The van der Waals surface area contributed by atoms with Gasteiger partial charge >= 0.3 is 0 Å².